The zero-order valence-corrected chi connectivity index (χ0v) is 13.3. The van der Waals surface area contributed by atoms with Gasteiger partial charge in [0, 0.05) is 12.1 Å². The van der Waals surface area contributed by atoms with Gasteiger partial charge in [0.05, 0.1) is 6.07 Å². The van der Waals surface area contributed by atoms with Crippen LogP contribution in [0.4, 0.5) is 0 Å². The van der Waals surface area contributed by atoms with Gasteiger partial charge in [0.2, 0.25) is 5.76 Å². The molecule has 1 aliphatic heterocycles. The summed E-state index contributed by atoms with van der Waals surface area (Å²) in [7, 11) is 0. The number of amides is 1. The third-order valence-corrected chi connectivity index (χ3v) is 4.46. The van der Waals surface area contributed by atoms with Gasteiger partial charge in [-0.3, -0.25) is 4.79 Å². The van der Waals surface area contributed by atoms with E-state index in [4.69, 9.17) is 4.42 Å². The molecule has 3 rings (SSSR count). The number of carbonyl (C=O) groups excluding carboxylic acids is 1. The molecule has 23 heavy (non-hydrogen) atoms. The third kappa shape index (κ3) is 2.72. The highest BCUT2D eigenvalue weighted by molar-refractivity contribution is 5.97. The normalized spacial score (nSPS) is 20.0. The van der Waals surface area contributed by atoms with Crippen LogP contribution in [0.5, 0.6) is 0 Å². The molecular weight excluding hydrogens is 290 g/mol. The van der Waals surface area contributed by atoms with E-state index in [1.54, 1.807) is 4.90 Å². The molecule has 1 amide bonds. The Hall–Kier alpha value is -2.61. The van der Waals surface area contributed by atoms with Gasteiger partial charge < -0.3 is 9.32 Å². The Bertz CT molecular complexity index is 743. The van der Waals surface area contributed by atoms with E-state index >= 15 is 0 Å². The maximum atomic E-state index is 13.0. The zero-order chi connectivity index (χ0) is 16.4. The van der Waals surface area contributed by atoms with Crippen molar-refractivity contribution in [2.75, 3.05) is 6.54 Å². The second kappa shape index (κ2) is 5.88. The van der Waals surface area contributed by atoms with E-state index in [0.29, 0.717) is 12.2 Å². The van der Waals surface area contributed by atoms with Crippen molar-refractivity contribution in [2.45, 2.75) is 32.7 Å². The molecular formula is C18H19N3O2. The molecule has 0 N–H and O–H groups in total. The van der Waals surface area contributed by atoms with Crippen molar-refractivity contribution in [3.05, 3.63) is 42.5 Å². The fraction of sp³-hybridized carbons (Fsp3) is 0.389. The number of nitrogens with zero attached hydrogens (tertiary/aromatic N) is 3. The zero-order valence-electron chi connectivity index (χ0n) is 13.3. The van der Waals surface area contributed by atoms with Crippen LogP contribution in [0.2, 0.25) is 0 Å². The first kappa shape index (κ1) is 15.3. The molecule has 0 radical (unpaired) electrons. The van der Waals surface area contributed by atoms with Crippen molar-refractivity contribution in [1.82, 2.24) is 9.88 Å². The van der Waals surface area contributed by atoms with Crippen molar-refractivity contribution in [3.63, 3.8) is 0 Å². The van der Waals surface area contributed by atoms with Gasteiger partial charge in [-0.2, -0.15) is 5.26 Å². The minimum absolute atomic E-state index is 0.203. The number of carbonyl (C=O) groups is 1. The Balaban J connectivity index is 1.96. The Morgan fingerprint density at radius 3 is 2.83 bits per heavy atom. The van der Waals surface area contributed by atoms with Crippen molar-refractivity contribution in [2.24, 2.45) is 5.41 Å². The molecule has 0 bridgehead atoms. The molecule has 0 unspecified atom stereocenters. The number of nitriles is 1. The van der Waals surface area contributed by atoms with E-state index in [9.17, 15) is 10.1 Å². The summed E-state index contributed by atoms with van der Waals surface area (Å²) in [6.45, 7) is 4.62. The number of benzene rings is 1. The molecule has 1 aromatic heterocycles. The Labute approximate surface area is 135 Å². The van der Waals surface area contributed by atoms with Crippen LogP contribution in [-0.4, -0.2) is 28.4 Å². The van der Waals surface area contributed by atoms with Gasteiger partial charge in [0.25, 0.3) is 5.91 Å². The first-order valence-electron chi connectivity index (χ1n) is 7.74. The van der Waals surface area contributed by atoms with E-state index in [1.807, 2.05) is 44.2 Å². The summed E-state index contributed by atoms with van der Waals surface area (Å²) < 4.78 is 5.38. The number of rotatable bonds is 2. The van der Waals surface area contributed by atoms with Gasteiger partial charge in [0.15, 0.2) is 6.39 Å². The van der Waals surface area contributed by atoms with Gasteiger partial charge in [0.1, 0.15) is 11.7 Å². The van der Waals surface area contributed by atoms with Gasteiger partial charge in [-0.25, -0.2) is 4.98 Å². The van der Waals surface area contributed by atoms with Crippen LogP contribution < -0.4 is 0 Å². The molecule has 0 aliphatic carbocycles. The summed E-state index contributed by atoms with van der Waals surface area (Å²) in [6.07, 6.45) is 3.09. The third-order valence-electron chi connectivity index (χ3n) is 4.46. The topological polar surface area (TPSA) is 70.1 Å². The van der Waals surface area contributed by atoms with Crippen LogP contribution in [-0.2, 0) is 0 Å². The fourth-order valence-electron chi connectivity index (χ4n) is 3.19. The molecule has 118 valence electrons. The van der Waals surface area contributed by atoms with Gasteiger partial charge in [-0.15, -0.1) is 0 Å². The van der Waals surface area contributed by atoms with E-state index < -0.39 is 6.04 Å². The highest BCUT2D eigenvalue weighted by Gasteiger charge is 2.41. The molecule has 5 nitrogen and oxygen atoms in total. The van der Waals surface area contributed by atoms with Gasteiger partial charge in [-0.05, 0) is 18.3 Å². The van der Waals surface area contributed by atoms with Gasteiger partial charge >= 0.3 is 0 Å². The minimum Gasteiger partial charge on any atom is -0.438 e. The largest absolute Gasteiger partial charge is 0.438 e. The second-order valence-electron chi connectivity index (χ2n) is 6.52. The number of aromatic nitrogens is 1. The minimum atomic E-state index is -0.461. The quantitative estimate of drug-likeness (QED) is 0.851. The van der Waals surface area contributed by atoms with Crippen LogP contribution >= 0.6 is 0 Å². The average molecular weight is 309 g/mol. The Morgan fingerprint density at radius 2 is 2.13 bits per heavy atom. The lowest BCUT2D eigenvalue weighted by Crippen LogP contribution is -2.51. The Morgan fingerprint density at radius 1 is 1.39 bits per heavy atom. The number of likely N-dealkylation sites (tertiary alicyclic amines) is 1. The smallest absolute Gasteiger partial charge is 0.293 e. The SMILES string of the molecule is CC1(C)CCCN(C(=O)c2ocnc2-c2ccccc2)[C@H]1C#N. The summed E-state index contributed by atoms with van der Waals surface area (Å²) in [5.74, 6) is -0.0603. The Kier molecular flexibility index (Phi) is 3.91. The molecule has 2 aromatic rings. The van der Waals surface area contributed by atoms with Crippen molar-refractivity contribution >= 4 is 5.91 Å². The lowest BCUT2D eigenvalue weighted by atomic mass is 9.77. The number of oxazole rings is 1. The lowest BCUT2D eigenvalue weighted by Gasteiger charge is -2.42. The van der Waals surface area contributed by atoms with Gasteiger partial charge in [-0.1, -0.05) is 44.2 Å². The highest BCUT2D eigenvalue weighted by atomic mass is 16.3. The van der Waals surface area contributed by atoms with Crippen LogP contribution in [0, 0.1) is 16.7 Å². The van der Waals surface area contributed by atoms with Crippen molar-refractivity contribution in [1.29, 1.82) is 5.26 Å². The van der Waals surface area contributed by atoms with E-state index in [1.165, 1.54) is 6.39 Å². The maximum Gasteiger partial charge on any atom is 0.293 e. The summed E-state index contributed by atoms with van der Waals surface area (Å²) in [5, 5.41) is 9.54. The first-order valence-corrected chi connectivity index (χ1v) is 7.74. The van der Waals surface area contributed by atoms with Crippen LogP contribution in [0.25, 0.3) is 11.3 Å². The van der Waals surface area contributed by atoms with E-state index in [-0.39, 0.29) is 17.1 Å². The van der Waals surface area contributed by atoms with Crippen LogP contribution in [0.3, 0.4) is 0 Å². The summed E-state index contributed by atoms with van der Waals surface area (Å²) >= 11 is 0. The highest BCUT2D eigenvalue weighted by Crippen LogP contribution is 2.36. The molecule has 5 heteroatoms. The summed E-state index contributed by atoms with van der Waals surface area (Å²) in [6, 6.07) is 11.3. The molecule has 1 aromatic carbocycles. The lowest BCUT2D eigenvalue weighted by molar-refractivity contribution is 0.0410. The standard InChI is InChI=1S/C18H19N3O2/c1-18(2)9-6-10-21(14(18)11-19)17(22)16-15(20-12-23-16)13-7-4-3-5-8-13/h3-5,7-8,12,14H,6,9-10H2,1-2H3/t14-/m0/s1. The number of piperidine rings is 1. The van der Waals surface area contributed by atoms with E-state index in [0.717, 1.165) is 18.4 Å². The second-order valence-corrected chi connectivity index (χ2v) is 6.52. The molecule has 1 fully saturated rings. The molecule has 0 saturated carbocycles. The first-order chi connectivity index (χ1) is 11.0. The maximum absolute atomic E-state index is 13.0. The summed E-state index contributed by atoms with van der Waals surface area (Å²) in [5.41, 5.74) is 1.13. The predicted octanol–water partition coefficient (Wildman–Crippen LogP) is 3.50. The van der Waals surface area contributed by atoms with Crippen LogP contribution in [0.15, 0.2) is 41.1 Å². The van der Waals surface area contributed by atoms with Crippen molar-refractivity contribution in [3.8, 4) is 17.3 Å². The van der Waals surface area contributed by atoms with E-state index in [2.05, 4.69) is 11.1 Å². The fourth-order valence-corrected chi connectivity index (χ4v) is 3.19. The molecule has 2 heterocycles. The number of hydrogen-bond acceptors (Lipinski definition) is 4. The average Bonchev–Trinajstić information content (AvgIpc) is 3.03. The van der Waals surface area contributed by atoms with Crippen LogP contribution in [0.1, 0.15) is 37.2 Å². The monoisotopic (exact) mass is 309 g/mol. The summed E-state index contributed by atoms with van der Waals surface area (Å²) in [4.78, 5) is 18.8. The molecule has 1 aliphatic rings. The predicted molar refractivity (Wildman–Crippen MR) is 85.4 cm³/mol. The molecule has 1 saturated heterocycles. The molecule has 0 spiro atoms. The number of hydrogen-bond donors (Lipinski definition) is 0. The molecule has 1 atom stereocenters. The van der Waals surface area contributed by atoms with Crippen molar-refractivity contribution < 1.29 is 9.21 Å².